The summed E-state index contributed by atoms with van der Waals surface area (Å²) in [6.07, 6.45) is 0.837. The van der Waals surface area contributed by atoms with Crippen molar-refractivity contribution in [3.8, 4) is 5.75 Å². The maximum atomic E-state index is 14.1. The van der Waals surface area contributed by atoms with Crippen molar-refractivity contribution in [3.05, 3.63) is 125 Å². The highest BCUT2D eigenvalue weighted by molar-refractivity contribution is 6.23. The highest BCUT2D eigenvalue weighted by atomic mass is 16.5. The minimum absolute atomic E-state index is 0.0624. The van der Waals surface area contributed by atoms with E-state index in [4.69, 9.17) is 4.74 Å². The summed E-state index contributed by atoms with van der Waals surface area (Å²) in [7, 11) is 0. The predicted octanol–water partition coefficient (Wildman–Crippen LogP) is 5.60. The monoisotopic (exact) mass is 582 g/mol. The number of imide groups is 1. The normalized spacial score (nSPS) is 24.8. The maximum Gasteiger partial charge on any atom is 0.316 e. The van der Waals surface area contributed by atoms with Gasteiger partial charge in [-0.2, -0.15) is 0 Å². The van der Waals surface area contributed by atoms with Crippen LogP contribution in [0.25, 0.3) is 0 Å². The first-order chi connectivity index (χ1) is 21.5. The number of aryl methyl sites for hydroxylation is 1. The quantitative estimate of drug-likeness (QED) is 0.174. The number of nitrogens with zero attached hydrogens (tertiary/aromatic N) is 2. The zero-order valence-corrected chi connectivity index (χ0v) is 24.2. The van der Waals surface area contributed by atoms with E-state index in [1.165, 1.54) is 4.90 Å². The van der Waals surface area contributed by atoms with Crippen molar-refractivity contribution in [1.82, 2.24) is 0 Å². The average Bonchev–Trinajstić information content (AvgIpc) is 3.57. The lowest BCUT2D eigenvalue weighted by molar-refractivity contribution is -0.139. The third kappa shape index (κ3) is 3.81. The van der Waals surface area contributed by atoms with Crippen LogP contribution in [-0.2, 0) is 25.6 Å². The van der Waals surface area contributed by atoms with E-state index in [-0.39, 0.29) is 48.3 Å². The minimum Gasteiger partial charge on any atom is -0.426 e. The van der Waals surface area contributed by atoms with Gasteiger partial charge in [-0.15, -0.1) is 0 Å². The molecule has 4 aromatic carbocycles. The molecule has 0 radical (unpaired) electrons. The molecule has 7 heteroatoms. The first-order valence-electron chi connectivity index (χ1n) is 15.2. The van der Waals surface area contributed by atoms with Gasteiger partial charge in [0.15, 0.2) is 0 Å². The molecule has 4 aromatic rings. The van der Waals surface area contributed by atoms with Crippen LogP contribution in [0.15, 0.2) is 97.1 Å². The van der Waals surface area contributed by atoms with Gasteiger partial charge in [0.1, 0.15) is 5.75 Å². The fourth-order valence-electron chi connectivity index (χ4n) is 7.99. The van der Waals surface area contributed by atoms with Gasteiger partial charge in [-0.05, 0) is 52.4 Å². The van der Waals surface area contributed by atoms with Crippen molar-refractivity contribution >= 4 is 35.1 Å². The molecule has 0 aromatic heterocycles. The standard InChI is InChI=1S/C37H30N2O5/c1-2-21-10-3-8-17-29(21)38-20-22(18-30(38)40)37(43)44-24-12-9-11-23(19-24)39-35(41)33-31-25-13-4-5-14-26(25)32(34(33)36(39)42)28-16-7-6-15-27(28)31/h3-17,19,22,31-34H,2,18,20H2,1H3/t22-,31?,32?,33-,34+/m1/s1. The van der Waals surface area contributed by atoms with Crippen LogP contribution in [0, 0.1) is 17.8 Å². The molecule has 5 aliphatic rings. The van der Waals surface area contributed by atoms with Gasteiger partial charge < -0.3 is 9.64 Å². The molecule has 218 valence electrons. The van der Waals surface area contributed by atoms with E-state index in [1.807, 2.05) is 55.5 Å². The van der Waals surface area contributed by atoms with Crippen LogP contribution in [0.5, 0.6) is 5.75 Å². The highest BCUT2D eigenvalue weighted by Gasteiger charge is 2.61. The van der Waals surface area contributed by atoms with Gasteiger partial charge in [0.05, 0.1) is 23.4 Å². The zero-order chi connectivity index (χ0) is 30.1. The summed E-state index contributed by atoms with van der Waals surface area (Å²) in [5, 5.41) is 0. The predicted molar refractivity (Wildman–Crippen MR) is 164 cm³/mol. The van der Waals surface area contributed by atoms with Gasteiger partial charge in [0, 0.05) is 36.6 Å². The summed E-state index contributed by atoms with van der Waals surface area (Å²) in [4.78, 5) is 57.3. The molecule has 2 heterocycles. The molecule has 3 atom stereocenters. The number of ether oxygens (including phenoxy) is 1. The number of hydrogen-bond acceptors (Lipinski definition) is 5. The van der Waals surface area contributed by atoms with Gasteiger partial charge in [-0.3, -0.25) is 19.2 Å². The first-order valence-corrected chi connectivity index (χ1v) is 15.2. The van der Waals surface area contributed by atoms with E-state index in [0.717, 1.165) is 39.9 Å². The number of anilines is 2. The van der Waals surface area contributed by atoms with Crippen LogP contribution in [0.4, 0.5) is 11.4 Å². The molecule has 3 aliphatic carbocycles. The third-order valence-electron chi connectivity index (χ3n) is 9.86. The Hall–Kier alpha value is -5.04. The van der Waals surface area contributed by atoms with Crippen molar-refractivity contribution < 1.29 is 23.9 Å². The number of benzene rings is 4. The van der Waals surface area contributed by atoms with E-state index >= 15 is 0 Å². The number of carbonyl (C=O) groups excluding carboxylic acids is 4. The van der Waals surface area contributed by atoms with Crippen molar-refractivity contribution in [2.75, 3.05) is 16.3 Å². The first kappa shape index (κ1) is 26.6. The van der Waals surface area contributed by atoms with Crippen molar-refractivity contribution in [1.29, 1.82) is 0 Å². The van der Waals surface area contributed by atoms with Crippen LogP contribution in [0.1, 0.15) is 53.0 Å². The summed E-state index contributed by atoms with van der Waals surface area (Å²) >= 11 is 0. The van der Waals surface area contributed by atoms with E-state index in [2.05, 4.69) is 24.3 Å². The number of hydrogen-bond donors (Lipinski definition) is 0. The summed E-state index contributed by atoms with van der Waals surface area (Å²) in [5.74, 6) is -2.85. The summed E-state index contributed by atoms with van der Waals surface area (Å²) < 4.78 is 5.77. The lowest BCUT2D eigenvalue weighted by atomic mass is 9.55. The lowest BCUT2D eigenvalue weighted by Crippen LogP contribution is -2.41. The second-order valence-electron chi connectivity index (χ2n) is 12.1. The molecular formula is C37H30N2O5. The second kappa shape index (κ2) is 10.0. The molecule has 2 fully saturated rings. The maximum absolute atomic E-state index is 14.1. The molecule has 2 saturated heterocycles. The Morgan fingerprint density at radius 2 is 1.32 bits per heavy atom. The Kier molecular flexibility index (Phi) is 6.05. The molecule has 0 spiro atoms. The number of para-hydroxylation sites is 1. The SMILES string of the molecule is CCc1ccccc1N1C[C@H](C(=O)Oc2cccc(N3C(=O)[C@@H]4C5c6ccccc6C(c6ccccc65)[C@@H]4C3=O)c2)CC1=O. The number of amides is 3. The van der Waals surface area contributed by atoms with Gasteiger partial charge >= 0.3 is 5.97 Å². The van der Waals surface area contributed by atoms with Crippen molar-refractivity contribution in [3.63, 3.8) is 0 Å². The molecule has 9 rings (SSSR count). The Bertz CT molecular complexity index is 1770. The molecule has 0 unspecified atom stereocenters. The van der Waals surface area contributed by atoms with E-state index in [0.29, 0.717) is 5.69 Å². The van der Waals surface area contributed by atoms with E-state index in [1.54, 1.807) is 29.2 Å². The van der Waals surface area contributed by atoms with Crippen LogP contribution in [0.2, 0.25) is 0 Å². The second-order valence-corrected chi connectivity index (χ2v) is 12.1. The fourth-order valence-corrected chi connectivity index (χ4v) is 7.99. The molecular weight excluding hydrogens is 552 g/mol. The largest absolute Gasteiger partial charge is 0.426 e. The molecule has 44 heavy (non-hydrogen) atoms. The molecule has 0 N–H and O–H groups in total. The van der Waals surface area contributed by atoms with Gasteiger partial charge in [0.25, 0.3) is 0 Å². The van der Waals surface area contributed by atoms with Crippen LogP contribution >= 0.6 is 0 Å². The van der Waals surface area contributed by atoms with Gasteiger partial charge in [-0.25, -0.2) is 4.90 Å². The molecule has 7 nitrogen and oxygen atoms in total. The van der Waals surface area contributed by atoms with Crippen molar-refractivity contribution in [2.45, 2.75) is 31.6 Å². The summed E-state index contributed by atoms with van der Waals surface area (Å²) in [6.45, 7) is 2.27. The third-order valence-corrected chi connectivity index (χ3v) is 9.86. The number of carbonyl (C=O) groups is 4. The molecule has 2 aliphatic heterocycles. The Balaban J connectivity index is 1.06. The summed E-state index contributed by atoms with van der Waals surface area (Å²) in [5.41, 5.74) is 6.71. The van der Waals surface area contributed by atoms with Crippen LogP contribution in [-0.4, -0.2) is 30.2 Å². The fraction of sp³-hybridized carbons (Fsp3) is 0.243. The Morgan fingerprint density at radius 3 is 1.91 bits per heavy atom. The average molecular weight is 583 g/mol. The minimum atomic E-state index is -0.623. The molecule has 0 saturated carbocycles. The van der Waals surface area contributed by atoms with Gasteiger partial charge in [0.2, 0.25) is 17.7 Å². The number of esters is 1. The topological polar surface area (TPSA) is 84.0 Å². The zero-order valence-electron chi connectivity index (χ0n) is 24.2. The summed E-state index contributed by atoms with van der Waals surface area (Å²) in [6, 6.07) is 30.6. The van der Waals surface area contributed by atoms with Crippen molar-refractivity contribution in [2.24, 2.45) is 17.8 Å². The Labute approximate surface area is 255 Å². The van der Waals surface area contributed by atoms with Crippen LogP contribution in [0.3, 0.4) is 0 Å². The smallest absolute Gasteiger partial charge is 0.316 e. The Morgan fingerprint density at radius 1 is 0.750 bits per heavy atom. The van der Waals surface area contributed by atoms with E-state index in [9.17, 15) is 19.2 Å². The molecule has 3 amide bonds. The van der Waals surface area contributed by atoms with Crippen LogP contribution < -0.4 is 14.5 Å². The number of rotatable bonds is 5. The van der Waals surface area contributed by atoms with Gasteiger partial charge in [-0.1, -0.05) is 79.7 Å². The van der Waals surface area contributed by atoms with E-state index < -0.39 is 23.7 Å². The highest BCUT2D eigenvalue weighted by Crippen LogP contribution is 2.61. The molecule has 2 bridgehead atoms. The lowest BCUT2D eigenvalue weighted by Gasteiger charge is -2.45.